The van der Waals surface area contributed by atoms with Crippen LogP contribution < -0.4 is 4.74 Å². The molecule has 1 atom stereocenters. The van der Waals surface area contributed by atoms with Crippen molar-refractivity contribution in [2.45, 2.75) is 19.1 Å². The quantitative estimate of drug-likeness (QED) is 0.225. The Balaban J connectivity index is 1.62. The molecule has 34 heavy (non-hydrogen) atoms. The van der Waals surface area contributed by atoms with Crippen LogP contribution in [0.25, 0.3) is 5.76 Å². The first-order chi connectivity index (χ1) is 16.6. The normalized spacial score (nSPS) is 17.2. The number of aromatic nitrogens is 1. The van der Waals surface area contributed by atoms with Crippen LogP contribution >= 0.6 is 0 Å². The molecular formula is C27H26N2O5. The third kappa shape index (κ3) is 5.00. The molecule has 3 aromatic rings. The first-order valence-electron chi connectivity index (χ1n) is 11.0. The van der Waals surface area contributed by atoms with Crippen molar-refractivity contribution in [3.63, 3.8) is 0 Å². The number of aliphatic hydroxyl groups excluding tert-OH is 1. The van der Waals surface area contributed by atoms with Crippen molar-refractivity contribution in [1.29, 1.82) is 0 Å². The lowest BCUT2D eigenvalue weighted by atomic mass is 9.96. The van der Waals surface area contributed by atoms with Crippen LogP contribution in [0.3, 0.4) is 0 Å². The predicted molar refractivity (Wildman–Crippen MR) is 127 cm³/mol. The predicted octanol–water partition coefficient (Wildman–Crippen LogP) is 4.12. The van der Waals surface area contributed by atoms with E-state index in [1.165, 1.54) is 4.90 Å². The molecule has 174 valence electrons. The number of nitrogens with zero attached hydrogens (tertiary/aromatic N) is 2. The number of ketones is 1. The maximum atomic E-state index is 13.0. The zero-order valence-corrected chi connectivity index (χ0v) is 18.9. The first kappa shape index (κ1) is 23.2. The minimum atomic E-state index is -0.707. The number of likely N-dealkylation sites (tertiary alicyclic amines) is 1. The minimum absolute atomic E-state index is 0.0616. The number of hydrogen-bond acceptors (Lipinski definition) is 6. The van der Waals surface area contributed by atoms with E-state index in [1.807, 2.05) is 30.3 Å². The monoisotopic (exact) mass is 458 g/mol. The maximum absolute atomic E-state index is 13.0. The molecule has 2 aromatic carbocycles. The highest BCUT2D eigenvalue weighted by atomic mass is 16.5. The van der Waals surface area contributed by atoms with Gasteiger partial charge in [0.15, 0.2) is 0 Å². The van der Waals surface area contributed by atoms with Gasteiger partial charge in [0.2, 0.25) is 0 Å². The number of rotatable bonds is 9. The third-order valence-corrected chi connectivity index (χ3v) is 5.69. The Bertz CT molecular complexity index is 1160. The maximum Gasteiger partial charge on any atom is 0.295 e. The Hall–Kier alpha value is -3.97. The zero-order chi connectivity index (χ0) is 23.9. The molecule has 7 heteroatoms. The number of aliphatic hydroxyl groups is 1. The summed E-state index contributed by atoms with van der Waals surface area (Å²) in [7, 11) is 1.59. The third-order valence-electron chi connectivity index (χ3n) is 5.69. The van der Waals surface area contributed by atoms with Gasteiger partial charge in [0, 0.05) is 38.2 Å². The van der Waals surface area contributed by atoms with Gasteiger partial charge in [-0.15, -0.1) is 0 Å². The van der Waals surface area contributed by atoms with Crippen molar-refractivity contribution in [3.8, 4) is 5.75 Å². The summed E-state index contributed by atoms with van der Waals surface area (Å²) in [6.45, 7) is 1.20. The van der Waals surface area contributed by atoms with Crippen LogP contribution in [0.15, 0.2) is 84.7 Å². The number of carbonyl (C=O) groups excluding carboxylic acids is 2. The molecule has 1 aliphatic heterocycles. The molecule has 0 aliphatic carbocycles. The van der Waals surface area contributed by atoms with Gasteiger partial charge in [-0.3, -0.25) is 14.6 Å². The van der Waals surface area contributed by atoms with Crippen LogP contribution in [0, 0.1) is 0 Å². The summed E-state index contributed by atoms with van der Waals surface area (Å²) >= 11 is 0. The van der Waals surface area contributed by atoms with Gasteiger partial charge in [-0.1, -0.05) is 30.3 Å². The zero-order valence-electron chi connectivity index (χ0n) is 18.9. The molecule has 1 amide bonds. The van der Waals surface area contributed by atoms with E-state index < -0.39 is 17.7 Å². The molecule has 0 radical (unpaired) electrons. The number of benzene rings is 2. The molecule has 1 N–H and O–H groups in total. The molecule has 2 heterocycles. The summed E-state index contributed by atoms with van der Waals surface area (Å²) in [6, 6.07) is 19.4. The molecule has 1 unspecified atom stereocenters. The lowest BCUT2D eigenvalue weighted by molar-refractivity contribution is -0.140. The molecular weight excluding hydrogens is 432 g/mol. The lowest BCUT2D eigenvalue weighted by Gasteiger charge is -2.25. The molecule has 1 aromatic heterocycles. The Morgan fingerprint density at radius 3 is 2.38 bits per heavy atom. The summed E-state index contributed by atoms with van der Waals surface area (Å²) in [5, 5.41) is 11.1. The van der Waals surface area contributed by atoms with Gasteiger partial charge < -0.3 is 19.5 Å². The number of methoxy groups -OCH3 is 1. The van der Waals surface area contributed by atoms with Gasteiger partial charge in [0.05, 0.1) is 11.6 Å². The number of pyridine rings is 1. The molecule has 0 bridgehead atoms. The van der Waals surface area contributed by atoms with Crippen LogP contribution in [0.5, 0.6) is 5.75 Å². The van der Waals surface area contributed by atoms with Gasteiger partial charge in [-0.2, -0.15) is 0 Å². The second kappa shape index (κ2) is 10.8. The van der Waals surface area contributed by atoms with Gasteiger partial charge in [-0.25, -0.2) is 0 Å². The number of Topliss-reactive ketones (excluding diaryl/α,β-unsaturated/α-hetero) is 1. The van der Waals surface area contributed by atoms with Gasteiger partial charge in [0.1, 0.15) is 18.1 Å². The summed E-state index contributed by atoms with van der Waals surface area (Å²) in [4.78, 5) is 31.4. The van der Waals surface area contributed by atoms with Crippen LogP contribution in [0.4, 0.5) is 0 Å². The highest BCUT2D eigenvalue weighted by molar-refractivity contribution is 6.46. The smallest absolute Gasteiger partial charge is 0.295 e. The van der Waals surface area contributed by atoms with Gasteiger partial charge in [-0.05, 0) is 53.9 Å². The lowest BCUT2D eigenvalue weighted by Crippen LogP contribution is -2.31. The van der Waals surface area contributed by atoms with E-state index in [9.17, 15) is 14.7 Å². The van der Waals surface area contributed by atoms with Crippen LogP contribution in [-0.2, 0) is 20.9 Å². The SMILES string of the molecule is COCCCN1C(=O)C(=O)/C(=C(\O)c2ccc(OCc3ccccc3)cc2)C1c1ccncc1. The van der Waals surface area contributed by atoms with Crippen molar-refractivity contribution in [2.75, 3.05) is 20.3 Å². The largest absolute Gasteiger partial charge is 0.507 e. The minimum Gasteiger partial charge on any atom is -0.507 e. The van der Waals surface area contributed by atoms with E-state index in [4.69, 9.17) is 9.47 Å². The number of ether oxygens (including phenoxy) is 2. The number of amides is 1. The molecule has 0 spiro atoms. The summed E-state index contributed by atoms with van der Waals surface area (Å²) in [5.74, 6) is -0.932. The molecule has 0 saturated carbocycles. The van der Waals surface area contributed by atoms with E-state index in [-0.39, 0.29) is 11.3 Å². The molecule has 1 fully saturated rings. The van der Waals surface area contributed by atoms with Crippen molar-refractivity contribution in [1.82, 2.24) is 9.88 Å². The summed E-state index contributed by atoms with van der Waals surface area (Å²) in [6.07, 6.45) is 3.77. The van der Waals surface area contributed by atoms with E-state index in [0.717, 1.165) is 5.56 Å². The first-order valence-corrected chi connectivity index (χ1v) is 11.0. The summed E-state index contributed by atoms with van der Waals surface area (Å²) < 4.78 is 10.9. The van der Waals surface area contributed by atoms with Crippen molar-refractivity contribution < 1.29 is 24.2 Å². The van der Waals surface area contributed by atoms with Crippen molar-refractivity contribution in [3.05, 3.63) is 101 Å². The molecule has 1 saturated heterocycles. The Labute approximate surface area is 198 Å². The average molecular weight is 459 g/mol. The fourth-order valence-electron chi connectivity index (χ4n) is 3.99. The molecule has 7 nitrogen and oxygen atoms in total. The molecule has 4 rings (SSSR count). The standard InChI is InChI=1S/C27H26N2O5/c1-33-17-5-16-29-24(20-12-14-28-15-13-20)23(26(31)27(29)32)25(30)21-8-10-22(11-9-21)34-18-19-6-3-2-4-7-19/h2-4,6-15,24,30H,5,16-18H2,1H3/b25-23-. The number of hydrogen-bond donors (Lipinski definition) is 1. The molecule has 1 aliphatic rings. The highest BCUT2D eigenvalue weighted by Gasteiger charge is 2.45. The highest BCUT2D eigenvalue weighted by Crippen LogP contribution is 2.39. The van der Waals surface area contributed by atoms with E-state index in [2.05, 4.69) is 4.98 Å². The Morgan fingerprint density at radius 1 is 1.00 bits per heavy atom. The topological polar surface area (TPSA) is 89.0 Å². The average Bonchev–Trinajstić information content (AvgIpc) is 3.14. The fraction of sp³-hybridized carbons (Fsp3) is 0.222. The summed E-state index contributed by atoms with van der Waals surface area (Å²) in [5.41, 5.74) is 2.24. The van der Waals surface area contributed by atoms with Gasteiger partial charge >= 0.3 is 0 Å². The van der Waals surface area contributed by atoms with Crippen LogP contribution in [0.1, 0.15) is 29.2 Å². The second-order valence-corrected chi connectivity index (χ2v) is 7.92. The fourth-order valence-corrected chi connectivity index (χ4v) is 3.99. The number of carbonyl (C=O) groups is 2. The van der Waals surface area contributed by atoms with E-state index in [1.54, 1.807) is 55.9 Å². The Morgan fingerprint density at radius 2 is 1.71 bits per heavy atom. The van der Waals surface area contributed by atoms with E-state index >= 15 is 0 Å². The van der Waals surface area contributed by atoms with E-state index in [0.29, 0.717) is 43.1 Å². The second-order valence-electron chi connectivity index (χ2n) is 7.92. The van der Waals surface area contributed by atoms with Gasteiger partial charge in [0.25, 0.3) is 11.7 Å². The van der Waals surface area contributed by atoms with Crippen LogP contribution in [-0.4, -0.2) is 46.9 Å². The van der Waals surface area contributed by atoms with Crippen molar-refractivity contribution in [2.24, 2.45) is 0 Å². The van der Waals surface area contributed by atoms with Crippen molar-refractivity contribution >= 4 is 17.4 Å². The Kier molecular flexibility index (Phi) is 7.34. The van der Waals surface area contributed by atoms with Crippen LogP contribution in [0.2, 0.25) is 0 Å².